The van der Waals surface area contributed by atoms with Crippen LogP contribution in [0.1, 0.15) is 34.4 Å². The van der Waals surface area contributed by atoms with Crippen LogP contribution >= 0.6 is 0 Å². The fourth-order valence-electron chi connectivity index (χ4n) is 4.20. The van der Waals surface area contributed by atoms with E-state index in [9.17, 15) is 31.5 Å². The third kappa shape index (κ3) is 3.60. The monoisotopic (exact) mass is 451 g/mol. The van der Waals surface area contributed by atoms with Gasteiger partial charge in [0, 0.05) is 35.0 Å². The van der Waals surface area contributed by atoms with Gasteiger partial charge >= 0.3 is 5.97 Å². The van der Waals surface area contributed by atoms with Gasteiger partial charge < -0.3 is 9.67 Å². The van der Waals surface area contributed by atoms with Crippen molar-refractivity contribution in [1.29, 1.82) is 0 Å². The molecule has 0 aliphatic carbocycles. The summed E-state index contributed by atoms with van der Waals surface area (Å²) in [7, 11) is -3.97. The molecule has 0 fully saturated rings. The molecule has 0 atom stereocenters. The molecule has 1 aliphatic rings. The van der Waals surface area contributed by atoms with Gasteiger partial charge in [0.15, 0.2) is 9.84 Å². The number of hydrogen-bond acceptors (Lipinski definition) is 3. The van der Waals surface area contributed by atoms with Crippen LogP contribution in [0.3, 0.4) is 0 Å². The molecule has 0 spiro atoms. The number of carbonyl (C=O) groups is 1. The number of sulfone groups is 1. The van der Waals surface area contributed by atoms with Crippen LogP contribution < -0.4 is 0 Å². The maximum atomic E-state index is 14.9. The highest BCUT2D eigenvalue weighted by atomic mass is 32.2. The first kappa shape index (κ1) is 21.4. The summed E-state index contributed by atoms with van der Waals surface area (Å²) in [5.41, 5.74) is 2.00. The van der Waals surface area contributed by atoms with E-state index in [2.05, 4.69) is 0 Å². The van der Waals surface area contributed by atoms with E-state index in [1.54, 1.807) is 17.6 Å². The van der Waals surface area contributed by atoms with E-state index >= 15 is 0 Å². The Balaban J connectivity index is 1.90. The Labute approximate surface area is 177 Å². The fourth-order valence-corrected chi connectivity index (χ4v) is 5.78. The summed E-state index contributed by atoms with van der Waals surface area (Å²) >= 11 is 0. The number of carboxylic acids is 1. The molecule has 0 saturated heterocycles. The van der Waals surface area contributed by atoms with Crippen LogP contribution in [-0.2, 0) is 33.5 Å². The minimum Gasteiger partial charge on any atom is -0.480 e. The number of fused-ring (bicyclic) bond motifs is 2. The van der Waals surface area contributed by atoms with Crippen LogP contribution in [-0.4, -0.2) is 29.8 Å². The SMILES string of the molecule is Cc1ccc2c(c1)c(Cc1cc3c(cc1F)S(=O)(=O)CCC3(F)F)c(C)n2CC(=O)O. The molecule has 2 heterocycles. The van der Waals surface area contributed by atoms with Crippen LogP contribution in [0.4, 0.5) is 13.2 Å². The second kappa shape index (κ2) is 7.12. The van der Waals surface area contributed by atoms with Gasteiger partial charge in [-0.15, -0.1) is 0 Å². The molecule has 1 aliphatic heterocycles. The molecule has 4 rings (SSSR count). The molecule has 0 unspecified atom stereocenters. The third-order valence-corrected chi connectivity index (χ3v) is 7.58. The number of carboxylic acid groups (broad SMARTS) is 1. The summed E-state index contributed by atoms with van der Waals surface area (Å²) in [6.45, 7) is 3.26. The van der Waals surface area contributed by atoms with E-state index in [1.807, 2.05) is 19.1 Å². The van der Waals surface area contributed by atoms with Gasteiger partial charge in [-0.05, 0) is 49.2 Å². The number of rotatable bonds is 4. The Morgan fingerprint density at radius 2 is 1.90 bits per heavy atom. The predicted octanol–water partition coefficient (Wildman–Crippen LogP) is 4.34. The molecule has 0 radical (unpaired) electrons. The number of nitrogens with zero attached hydrogens (tertiary/aromatic N) is 1. The molecular formula is C22H20F3NO4S. The van der Waals surface area contributed by atoms with Gasteiger partial charge in [0.05, 0.1) is 10.6 Å². The van der Waals surface area contributed by atoms with Gasteiger partial charge in [0.25, 0.3) is 5.92 Å². The van der Waals surface area contributed by atoms with E-state index in [4.69, 9.17) is 0 Å². The van der Waals surface area contributed by atoms with Crippen LogP contribution in [0.25, 0.3) is 10.9 Å². The Kier molecular flexibility index (Phi) is 4.92. The number of aliphatic carboxylic acids is 1. The largest absolute Gasteiger partial charge is 0.480 e. The predicted molar refractivity (Wildman–Crippen MR) is 109 cm³/mol. The summed E-state index contributed by atoms with van der Waals surface area (Å²) in [6.07, 6.45) is -0.919. The van der Waals surface area contributed by atoms with Crippen molar-refractivity contribution < 1.29 is 31.5 Å². The highest BCUT2D eigenvalue weighted by Gasteiger charge is 2.43. The molecule has 3 aromatic rings. The molecule has 5 nitrogen and oxygen atoms in total. The van der Waals surface area contributed by atoms with Crippen LogP contribution in [0.5, 0.6) is 0 Å². The first-order valence-electron chi connectivity index (χ1n) is 9.64. The number of aromatic nitrogens is 1. The van der Waals surface area contributed by atoms with E-state index in [0.29, 0.717) is 28.2 Å². The molecule has 1 aromatic heterocycles. The van der Waals surface area contributed by atoms with E-state index in [0.717, 1.165) is 11.6 Å². The lowest BCUT2D eigenvalue weighted by Gasteiger charge is -2.26. The van der Waals surface area contributed by atoms with Gasteiger partial charge in [0.1, 0.15) is 12.4 Å². The minimum atomic E-state index is -3.97. The van der Waals surface area contributed by atoms with Gasteiger partial charge in [-0.2, -0.15) is 0 Å². The topological polar surface area (TPSA) is 76.4 Å². The van der Waals surface area contributed by atoms with Crippen molar-refractivity contribution in [3.05, 3.63) is 64.1 Å². The second-order valence-electron chi connectivity index (χ2n) is 7.95. The standard InChI is InChI=1S/C22H20F3NO4S/c1-12-3-4-19-16(7-12)15(13(2)26(19)11-21(27)28)8-14-9-17-20(10-18(14)23)31(29,30)6-5-22(17,24)25/h3-4,7,9-10H,5-6,8,11H2,1-2H3,(H,27,28). The Bertz CT molecular complexity index is 1340. The Morgan fingerprint density at radius 3 is 2.58 bits per heavy atom. The summed E-state index contributed by atoms with van der Waals surface area (Å²) < 4.78 is 69.8. The quantitative estimate of drug-likeness (QED) is 0.640. The normalized spacial score (nSPS) is 16.9. The van der Waals surface area contributed by atoms with Crippen molar-refractivity contribution in [3.63, 3.8) is 0 Å². The van der Waals surface area contributed by atoms with Crippen LogP contribution in [0.15, 0.2) is 35.2 Å². The first-order valence-corrected chi connectivity index (χ1v) is 11.3. The van der Waals surface area contributed by atoms with Crippen molar-refractivity contribution in [2.75, 3.05) is 5.75 Å². The molecule has 0 saturated carbocycles. The molecule has 164 valence electrons. The maximum Gasteiger partial charge on any atom is 0.323 e. The smallest absolute Gasteiger partial charge is 0.323 e. The summed E-state index contributed by atoms with van der Waals surface area (Å²) in [6, 6.07) is 7.06. The summed E-state index contributed by atoms with van der Waals surface area (Å²) in [5, 5.41) is 9.97. The zero-order valence-corrected chi connectivity index (χ0v) is 17.7. The number of hydrogen-bond donors (Lipinski definition) is 1. The highest BCUT2D eigenvalue weighted by molar-refractivity contribution is 7.91. The molecule has 0 amide bonds. The van der Waals surface area contributed by atoms with Gasteiger partial charge in [-0.25, -0.2) is 21.6 Å². The fraction of sp³-hybridized carbons (Fsp3) is 0.318. The lowest BCUT2D eigenvalue weighted by Crippen LogP contribution is -2.28. The van der Waals surface area contributed by atoms with Gasteiger partial charge in [0.2, 0.25) is 0 Å². The zero-order valence-electron chi connectivity index (χ0n) is 16.9. The van der Waals surface area contributed by atoms with Crippen molar-refractivity contribution in [3.8, 4) is 0 Å². The minimum absolute atomic E-state index is 0.0606. The van der Waals surface area contributed by atoms with Crippen molar-refractivity contribution in [2.24, 2.45) is 0 Å². The number of alkyl halides is 2. The lowest BCUT2D eigenvalue weighted by atomic mass is 9.96. The molecule has 1 N–H and O–H groups in total. The molecule has 31 heavy (non-hydrogen) atoms. The number of benzene rings is 2. The number of aryl methyl sites for hydroxylation is 1. The Hall–Kier alpha value is -2.81. The summed E-state index contributed by atoms with van der Waals surface area (Å²) in [5.74, 6) is -6.03. The van der Waals surface area contributed by atoms with Crippen molar-refractivity contribution >= 4 is 26.7 Å². The van der Waals surface area contributed by atoms with Crippen molar-refractivity contribution in [1.82, 2.24) is 4.57 Å². The summed E-state index contributed by atoms with van der Waals surface area (Å²) in [4.78, 5) is 10.7. The third-order valence-electron chi connectivity index (χ3n) is 5.83. The molecule has 2 aromatic carbocycles. The first-order chi connectivity index (χ1) is 14.4. The zero-order chi connectivity index (χ0) is 22.7. The van der Waals surface area contributed by atoms with Crippen LogP contribution in [0, 0.1) is 19.7 Å². The second-order valence-corrected chi connectivity index (χ2v) is 10.0. The molecule has 9 heteroatoms. The Morgan fingerprint density at radius 1 is 1.19 bits per heavy atom. The average Bonchev–Trinajstić information content (AvgIpc) is 2.91. The lowest BCUT2D eigenvalue weighted by molar-refractivity contribution is -0.137. The van der Waals surface area contributed by atoms with E-state index in [1.165, 1.54) is 0 Å². The van der Waals surface area contributed by atoms with Gasteiger partial charge in [-0.1, -0.05) is 11.6 Å². The molecule has 0 bridgehead atoms. The van der Waals surface area contributed by atoms with Crippen LogP contribution in [0.2, 0.25) is 0 Å². The average molecular weight is 451 g/mol. The molecular weight excluding hydrogens is 431 g/mol. The number of halogens is 3. The van der Waals surface area contributed by atoms with Crippen molar-refractivity contribution in [2.45, 2.75) is 44.1 Å². The van der Waals surface area contributed by atoms with E-state index < -0.39 is 50.2 Å². The maximum absolute atomic E-state index is 14.9. The van der Waals surface area contributed by atoms with Gasteiger partial charge in [-0.3, -0.25) is 4.79 Å². The van der Waals surface area contributed by atoms with E-state index in [-0.39, 0.29) is 18.5 Å². The highest BCUT2D eigenvalue weighted by Crippen LogP contribution is 2.42.